The first-order valence-corrected chi connectivity index (χ1v) is 7.78. The fraction of sp³-hybridized carbons (Fsp3) is 0.500. The number of sulfone groups is 1. The first kappa shape index (κ1) is 14.5. The van der Waals surface area contributed by atoms with Crippen LogP contribution in [0.1, 0.15) is 18.2 Å². The van der Waals surface area contributed by atoms with Gasteiger partial charge in [-0.1, -0.05) is 11.6 Å². The average Bonchev–Trinajstić information content (AvgIpc) is 2.62. The molecular formula is C10H13ClO4S2. The molecule has 1 heterocycles. The Balaban J connectivity index is 2.71. The van der Waals surface area contributed by atoms with Gasteiger partial charge in [0.2, 0.25) is 0 Å². The topological polar surface area (TPSA) is 60.4 Å². The van der Waals surface area contributed by atoms with Gasteiger partial charge in [-0.2, -0.15) is 0 Å². The van der Waals surface area contributed by atoms with Crippen molar-refractivity contribution in [2.45, 2.75) is 24.3 Å². The lowest BCUT2D eigenvalue weighted by atomic mass is 10.3. The van der Waals surface area contributed by atoms with Gasteiger partial charge in [-0.3, -0.25) is 4.79 Å². The highest BCUT2D eigenvalue weighted by Crippen LogP contribution is 2.24. The van der Waals surface area contributed by atoms with E-state index in [0.29, 0.717) is 9.21 Å². The number of carbonyl (C=O) groups is 1. The van der Waals surface area contributed by atoms with Crippen molar-refractivity contribution in [2.24, 2.45) is 0 Å². The smallest absolute Gasteiger partial charge is 0.306 e. The molecule has 4 nitrogen and oxygen atoms in total. The summed E-state index contributed by atoms with van der Waals surface area (Å²) in [6, 6.07) is 3.33. The van der Waals surface area contributed by atoms with Gasteiger partial charge in [0, 0.05) is 4.88 Å². The molecule has 17 heavy (non-hydrogen) atoms. The summed E-state index contributed by atoms with van der Waals surface area (Å²) in [6.45, 7) is 1.50. The second kappa shape index (κ2) is 5.84. The SMILES string of the molecule is COC(=O)CC(C)S(=O)(=O)Cc1ccc(Cl)s1. The Kier molecular flexibility index (Phi) is 4.97. The van der Waals surface area contributed by atoms with Crippen molar-refractivity contribution in [3.05, 3.63) is 21.3 Å². The van der Waals surface area contributed by atoms with Crippen LogP contribution in [-0.4, -0.2) is 26.7 Å². The Bertz CT molecular complexity index is 492. The van der Waals surface area contributed by atoms with Gasteiger partial charge >= 0.3 is 5.97 Å². The molecule has 0 N–H and O–H groups in total. The molecule has 0 spiro atoms. The Labute approximate surface area is 109 Å². The van der Waals surface area contributed by atoms with Crippen molar-refractivity contribution in [3.8, 4) is 0 Å². The first-order chi connectivity index (χ1) is 7.85. The van der Waals surface area contributed by atoms with Crippen LogP contribution in [0.2, 0.25) is 4.34 Å². The molecular weight excluding hydrogens is 284 g/mol. The highest BCUT2D eigenvalue weighted by molar-refractivity contribution is 7.91. The zero-order valence-corrected chi connectivity index (χ0v) is 11.9. The number of hydrogen-bond acceptors (Lipinski definition) is 5. The van der Waals surface area contributed by atoms with Gasteiger partial charge in [0.1, 0.15) is 0 Å². The normalized spacial score (nSPS) is 13.4. The molecule has 0 aliphatic heterocycles. The lowest BCUT2D eigenvalue weighted by Gasteiger charge is -2.10. The summed E-state index contributed by atoms with van der Waals surface area (Å²) in [6.07, 6.45) is -0.127. The van der Waals surface area contributed by atoms with Gasteiger partial charge in [-0.25, -0.2) is 8.42 Å². The Morgan fingerprint density at radius 1 is 1.53 bits per heavy atom. The van der Waals surface area contributed by atoms with Crippen molar-refractivity contribution < 1.29 is 17.9 Å². The Morgan fingerprint density at radius 2 is 2.18 bits per heavy atom. The lowest BCUT2D eigenvalue weighted by Crippen LogP contribution is -2.23. The fourth-order valence-corrected chi connectivity index (χ4v) is 3.99. The summed E-state index contributed by atoms with van der Waals surface area (Å²) in [4.78, 5) is 11.7. The number of esters is 1. The zero-order valence-electron chi connectivity index (χ0n) is 9.47. The molecule has 1 aromatic heterocycles. The third-order valence-electron chi connectivity index (χ3n) is 2.27. The lowest BCUT2D eigenvalue weighted by molar-refractivity contribution is -0.140. The third kappa shape index (κ3) is 4.29. The van der Waals surface area contributed by atoms with Crippen molar-refractivity contribution in [1.29, 1.82) is 0 Å². The number of thiophene rings is 1. The van der Waals surface area contributed by atoms with Crippen LogP contribution in [0.15, 0.2) is 12.1 Å². The minimum Gasteiger partial charge on any atom is -0.469 e. The molecule has 0 saturated carbocycles. The average molecular weight is 297 g/mol. The highest BCUT2D eigenvalue weighted by Gasteiger charge is 2.24. The van der Waals surface area contributed by atoms with Gasteiger partial charge in [-0.15, -0.1) is 11.3 Å². The number of carbonyl (C=O) groups excluding carboxylic acids is 1. The van der Waals surface area contributed by atoms with Crippen LogP contribution in [-0.2, 0) is 25.1 Å². The highest BCUT2D eigenvalue weighted by atomic mass is 35.5. The molecule has 0 aliphatic rings. The number of rotatable bonds is 5. The van der Waals surface area contributed by atoms with E-state index in [1.54, 1.807) is 12.1 Å². The second-order valence-electron chi connectivity index (χ2n) is 3.60. The van der Waals surface area contributed by atoms with Crippen LogP contribution in [0.4, 0.5) is 0 Å². The van der Waals surface area contributed by atoms with E-state index < -0.39 is 21.1 Å². The van der Waals surface area contributed by atoms with E-state index in [2.05, 4.69) is 4.74 Å². The molecule has 1 aromatic rings. The maximum atomic E-state index is 11.9. The van der Waals surface area contributed by atoms with Gasteiger partial charge in [0.15, 0.2) is 9.84 Å². The standard InChI is InChI=1S/C10H13ClO4S2/c1-7(5-10(12)15-2)17(13,14)6-8-3-4-9(11)16-8/h3-4,7H,5-6H2,1-2H3. The maximum Gasteiger partial charge on any atom is 0.306 e. The van der Waals surface area contributed by atoms with Crippen LogP contribution in [0.3, 0.4) is 0 Å². The fourth-order valence-electron chi connectivity index (χ4n) is 1.21. The minimum atomic E-state index is -3.35. The molecule has 0 amide bonds. The molecule has 0 saturated heterocycles. The van der Waals surface area contributed by atoms with Gasteiger partial charge in [0.25, 0.3) is 0 Å². The molecule has 1 atom stereocenters. The summed E-state index contributed by atoms with van der Waals surface area (Å²) < 4.78 is 28.8. The molecule has 0 aliphatic carbocycles. The van der Waals surface area contributed by atoms with E-state index in [1.807, 2.05) is 0 Å². The largest absolute Gasteiger partial charge is 0.469 e. The predicted molar refractivity (Wildman–Crippen MR) is 68.0 cm³/mol. The Hall–Kier alpha value is -0.590. The molecule has 1 unspecified atom stereocenters. The molecule has 1 rings (SSSR count). The minimum absolute atomic E-state index is 0.0947. The van der Waals surface area contributed by atoms with E-state index in [9.17, 15) is 13.2 Å². The third-order valence-corrected chi connectivity index (χ3v) is 5.79. The number of ether oxygens (including phenoxy) is 1. The monoisotopic (exact) mass is 296 g/mol. The molecule has 0 bridgehead atoms. The van der Waals surface area contributed by atoms with Crippen LogP contribution < -0.4 is 0 Å². The number of hydrogen-bond donors (Lipinski definition) is 0. The van der Waals surface area contributed by atoms with Crippen molar-refractivity contribution in [1.82, 2.24) is 0 Å². The van der Waals surface area contributed by atoms with E-state index in [-0.39, 0.29) is 12.2 Å². The predicted octanol–water partition coefficient (Wildman–Crippen LogP) is 2.27. The quantitative estimate of drug-likeness (QED) is 0.782. The summed E-state index contributed by atoms with van der Waals surface area (Å²) in [5, 5.41) is -0.754. The van der Waals surface area contributed by atoms with E-state index in [0.717, 1.165) is 0 Å². The van der Waals surface area contributed by atoms with E-state index >= 15 is 0 Å². The first-order valence-electron chi connectivity index (χ1n) is 4.87. The summed E-state index contributed by atoms with van der Waals surface area (Å²) in [5.74, 6) is -0.618. The van der Waals surface area contributed by atoms with Gasteiger partial charge in [0.05, 0.1) is 28.9 Å². The van der Waals surface area contributed by atoms with Crippen molar-refractivity contribution in [3.63, 3.8) is 0 Å². The number of halogens is 1. The maximum absolute atomic E-state index is 11.9. The summed E-state index contributed by atoms with van der Waals surface area (Å²) >= 11 is 6.95. The van der Waals surface area contributed by atoms with Crippen molar-refractivity contribution in [2.75, 3.05) is 7.11 Å². The van der Waals surface area contributed by atoms with E-state index in [4.69, 9.17) is 11.6 Å². The van der Waals surface area contributed by atoms with Gasteiger partial charge in [-0.05, 0) is 19.1 Å². The summed E-state index contributed by atoms with van der Waals surface area (Å²) in [5.41, 5.74) is 0. The van der Waals surface area contributed by atoms with Crippen LogP contribution in [0.25, 0.3) is 0 Å². The molecule has 0 fully saturated rings. The summed E-state index contributed by atoms with van der Waals surface area (Å²) in [7, 11) is -2.12. The molecule has 0 radical (unpaired) electrons. The van der Waals surface area contributed by atoms with Gasteiger partial charge < -0.3 is 4.74 Å². The second-order valence-corrected chi connectivity index (χ2v) is 7.82. The zero-order chi connectivity index (χ0) is 13.1. The Morgan fingerprint density at radius 3 is 2.65 bits per heavy atom. The van der Waals surface area contributed by atoms with Crippen molar-refractivity contribution >= 4 is 38.7 Å². The van der Waals surface area contributed by atoms with Crippen LogP contribution in [0.5, 0.6) is 0 Å². The van der Waals surface area contributed by atoms with Crippen LogP contribution >= 0.6 is 22.9 Å². The van der Waals surface area contributed by atoms with Crippen LogP contribution in [0, 0.1) is 0 Å². The molecule has 96 valence electrons. The van der Waals surface area contributed by atoms with E-state index in [1.165, 1.54) is 25.4 Å². The molecule has 0 aromatic carbocycles. The molecule has 7 heteroatoms. The number of methoxy groups -OCH3 is 1.